The summed E-state index contributed by atoms with van der Waals surface area (Å²) in [6.45, 7) is -0.864. The van der Waals surface area contributed by atoms with Gasteiger partial charge in [0.05, 0.1) is 11.1 Å². The molecule has 4 rings (SSSR count). The number of nitrogen functional groups attached to an aromatic ring is 1. The van der Waals surface area contributed by atoms with Gasteiger partial charge in [-0.2, -0.15) is 4.98 Å². The van der Waals surface area contributed by atoms with Crippen molar-refractivity contribution in [3.8, 4) is 0 Å². The van der Waals surface area contributed by atoms with Crippen molar-refractivity contribution in [1.29, 1.82) is 0 Å². The number of fused-ring (bicyclic) bond motifs is 1. The van der Waals surface area contributed by atoms with Gasteiger partial charge in [0.2, 0.25) is 5.95 Å². The number of esters is 2. The zero-order valence-corrected chi connectivity index (χ0v) is 19.0. The maximum absolute atomic E-state index is 12.4. The smallest absolute Gasteiger partial charge is 0.338 e. The molecule has 0 aliphatic rings. The highest BCUT2D eigenvalue weighted by Gasteiger charge is 2.20. The maximum atomic E-state index is 12.4. The number of nitrogens with zero attached hydrogens (tertiary/aromatic N) is 2. The minimum absolute atomic E-state index is 0.0579. The Bertz CT molecular complexity index is 1390. The quantitative estimate of drug-likeness (QED) is 0.330. The third kappa shape index (κ3) is 5.80. The summed E-state index contributed by atoms with van der Waals surface area (Å²) in [5.41, 5.74) is 5.79. The van der Waals surface area contributed by atoms with E-state index in [1.54, 1.807) is 60.7 Å². The number of hydrogen-bond acceptors (Lipinski definition) is 10. The molecule has 0 atom stereocenters. The number of rotatable bonds is 9. The first-order chi connectivity index (χ1) is 16.9. The first kappa shape index (κ1) is 23.9. The second-order valence-corrected chi connectivity index (χ2v) is 8.21. The lowest BCUT2D eigenvalue weighted by Crippen LogP contribution is -2.31. The summed E-state index contributed by atoms with van der Waals surface area (Å²) in [6, 6.07) is 16.7. The zero-order chi connectivity index (χ0) is 24.8. The molecule has 0 saturated heterocycles. The number of aromatic amines is 1. The first-order valence-electron chi connectivity index (χ1n) is 10.4. The molecule has 4 aromatic rings. The predicted octanol–water partition coefficient (Wildman–Crippen LogP) is 1.79. The molecule has 2 heterocycles. The number of anilines is 1. The molecule has 0 aliphatic heterocycles. The van der Waals surface area contributed by atoms with E-state index in [1.165, 1.54) is 0 Å². The van der Waals surface area contributed by atoms with Crippen LogP contribution in [0.25, 0.3) is 10.3 Å². The molecular weight excluding hydrogens is 476 g/mol. The summed E-state index contributed by atoms with van der Waals surface area (Å²) < 4.78 is 17.6. The van der Waals surface area contributed by atoms with Crippen LogP contribution in [0.5, 0.6) is 0 Å². The largest absolute Gasteiger partial charge is 0.459 e. The lowest BCUT2D eigenvalue weighted by Gasteiger charge is -2.18. The second-order valence-electron chi connectivity index (χ2n) is 7.25. The normalized spacial score (nSPS) is 11.0. The SMILES string of the molecule is Nc1nc2c(sc(=O)n2COC(COC(=O)c2ccccc2)COC(=O)c2ccccc2)c(=O)[nH]1. The molecule has 0 bridgehead atoms. The van der Waals surface area contributed by atoms with Crippen molar-refractivity contribution in [3.05, 3.63) is 91.8 Å². The maximum Gasteiger partial charge on any atom is 0.338 e. The number of carbonyl (C=O) groups is 2. The van der Waals surface area contributed by atoms with Crippen LogP contribution in [-0.2, 0) is 20.9 Å². The molecule has 0 unspecified atom stereocenters. The van der Waals surface area contributed by atoms with Crippen molar-refractivity contribution in [3.63, 3.8) is 0 Å². The number of hydrogen-bond donors (Lipinski definition) is 2. The van der Waals surface area contributed by atoms with Crippen molar-refractivity contribution in [2.24, 2.45) is 0 Å². The Morgan fingerprint density at radius 1 is 0.943 bits per heavy atom. The van der Waals surface area contributed by atoms with E-state index >= 15 is 0 Å². The summed E-state index contributed by atoms with van der Waals surface area (Å²) in [5, 5.41) is 0. The predicted molar refractivity (Wildman–Crippen MR) is 127 cm³/mol. The van der Waals surface area contributed by atoms with E-state index in [4.69, 9.17) is 19.9 Å². The monoisotopic (exact) mass is 496 g/mol. The Labute approximate surface area is 201 Å². The Kier molecular flexibility index (Phi) is 7.33. The van der Waals surface area contributed by atoms with Gasteiger partial charge in [-0.3, -0.25) is 19.1 Å². The number of aromatic nitrogens is 3. The molecular formula is C23H20N4O7S. The van der Waals surface area contributed by atoms with Crippen molar-refractivity contribution in [2.75, 3.05) is 18.9 Å². The fourth-order valence-electron chi connectivity index (χ4n) is 3.06. The highest BCUT2D eigenvalue weighted by molar-refractivity contribution is 7.16. The van der Waals surface area contributed by atoms with E-state index in [-0.39, 0.29) is 36.2 Å². The van der Waals surface area contributed by atoms with Gasteiger partial charge in [-0.15, -0.1) is 0 Å². The van der Waals surface area contributed by atoms with E-state index in [0.29, 0.717) is 22.5 Å². The van der Waals surface area contributed by atoms with E-state index in [9.17, 15) is 19.2 Å². The lowest BCUT2D eigenvalue weighted by atomic mass is 10.2. The van der Waals surface area contributed by atoms with E-state index < -0.39 is 28.5 Å². The average molecular weight is 497 g/mol. The van der Waals surface area contributed by atoms with Crippen molar-refractivity contribution in [1.82, 2.24) is 14.5 Å². The van der Waals surface area contributed by atoms with Crippen LogP contribution < -0.4 is 16.2 Å². The number of thiazole rings is 1. The van der Waals surface area contributed by atoms with Crippen molar-refractivity contribution >= 4 is 39.6 Å². The number of ether oxygens (including phenoxy) is 3. The average Bonchev–Trinajstić information content (AvgIpc) is 3.19. The summed E-state index contributed by atoms with van der Waals surface area (Å²) in [4.78, 5) is 55.0. The fourth-order valence-corrected chi connectivity index (χ4v) is 3.88. The molecule has 0 fully saturated rings. The van der Waals surface area contributed by atoms with E-state index in [0.717, 1.165) is 4.57 Å². The van der Waals surface area contributed by atoms with Gasteiger partial charge in [-0.25, -0.2) is 9.59 Å². The van der Waals surface area contributed by atoms with Gasteiger partial charge in [0.15, 0.2) is 5.65 Å². The van der Waals surface area contributed by atoms with Gasteiger partial charge in [-0.05, 0) is 24.3 Å². The van der Waals surface area contributed by atoms with E-state index in [2.05, 4.69) is 9.97 Å². The molecule has 180 valence electrons. The number of benzene rings is 2. The van der Waals surface area contributed by atoms with Gasteiger partial charge in [0.25, 0.3) is 5.56 Å². The van der Waals surface area contributed by atoms with Crippen LogP contribution in [0.4, 0.5) is 5.95 Å². The number of H-pyrrole nitrogens is 1. The van der Waals surface area contributed by atoms with Crippen LogP contribution in [0.2, 0.25) is 0 Å². The molecule has 0 radical (unpaired) electrons. The van der Waals surface area contributed by atoms with Gasteiger partial charge >= 0.3 is 16.8 Å². The minimum atomic E-state index is -0.920. The topological polar surface area (TPSA) is 156 Å². The van der Waals surface area contributed by atoms with Gasteiger partial charge < -0.3 is 19.9 Å². The molecule has 11 nitrogen and oxygen atoms in total. The molecule has 0 amide bonds. The van der Waals surface area contributed by atoms with Crippen LogP contribution in [0.3, 0.4) is 0 Å². The van der Waals surface area contributed by atoms with E-state index in [1.807, 2.05) is 0 Å². The Hall–Kier alpha value is -4.29. The second kappa shape index (κ2) is 10.8. The summed E-state index contributed by atoms with van der Waals surface area (Å²) in [5.74, 6) is -1.33. The van der Waals surface area contributed by atoms with Gasteiger partial charge in [0.1, 0.15) is 30.7 Å². The third-order valence-electron chi connectivity index (χ3n) is 4.80. The molecule has 12 heteroatoms. The highest BCUT2D eigenvalue weighted by atomic mass is 32.1. The Morgan fingerprint density at radius 3 is 2.03 bits per heavy atom. The molecule has 0 saturated carbocycles. The number of nitrogens with one attached hydrogen (secondary N) is 1. The number of nitrogens with two attached hydrogens (primary N) is 1. The fraction of sp³-hybridized carbons (Fsp3) is 0.174. The molecule has 0 spiro atoms. The first-order valence-corrected chi connectivity index (χ1v) is 11.2. The van der Waals surface area contributed by atoms with Crippen LogP contribution in [0.1, 0.15) is 20.7 Å². The molecule has 2 aromatic carbocycles. The standard InChI is InChI=1S/C23H20N4O7S/c24-22-25-18-17(19(28)26-22)35-23(31)27(18)13-34-16(11-32-20(29)14-7-3-1-4-8-14)12-33-21(30)15-9-5-2-6-10-15/h1-10,16H,11-13H2,(H3,24,25,26,28). The molecule has 0 aliphatic carbocycles. The zero-order valence-electron chi connectivity index (χ0n) is 18.2. The van der Waals surface area contributed by atoms with Crippen LogP contribution in [0, 0.1) is 0 Å². The molecule has 2 aromatic heterocycles. The Balaban J connectivity index is 1.48. The summed E-state index contributed by atoms with van der Waals surface area (Å²) in [6.07, 6.45) is -0.920. The van der Waals surface area contributed by atoms with Crippen LogP contribution in [-0.4, -0.2) is 45.8 Å². The number of carbonyl (C=O) groups excluding carboxylic acids is 2. The third-order valence-corrected chi connectivity index (χ3v) is 5.77. The highest BCUT2D eigenvalue weighted by Crippen LogP contribution is 2.12. The molecule has 3 N–H and O–H groups in total. The summed E-state index contributed by atoms with van der Waals surface area (Å²) in [7, 11) is 0. The molecule has 35 heavy (non-hydrogen) atoms. The van der Waals surface area contributed by atoms with Gasteiger partial charge in [-0.1, -0.05) is 47.7 Å². The lowest BCUT2D eigenvalue weighted by molar-refractivity contribution is -0.0620. The van der Waals surface area contributed by atoms with Crippen LogP contribution >= 0.6 is 11.3 Å². The minimum Gasteiger partial charge on any atom is -0.459 e. The summed E-state index contributed by atoms with van der Waals surface area (Å²) >= 11 is 0.692. The Morgan fingerprint density at radius 2 is 1.49 bits per heavy atom. The van der Waals surface area contributed by atoms with Crippen LogP contribution in [0.15, 0.2) is 70.3 Å². The van der Waals surface area contributed by atoms with Crippen molar-refractivity contribution in [2.45, 2.75) is 12.8 Å². The van der Waals surface area contributed by atoms with Gasteiger partial charge in [0, 0.05) is 0 Å². The van der Waals surface area contributed by atoms with Crippen molar-refractivity contribution < 1.29 is 23.8 Å².